The molecule has 2 aromatic carbocycles. The molecule has 29 heavy (non-hydrogen) atoms. The van der Waals surface area contributed by atoms with Crippen LogP contribution < -0.4 is 10.6 Å². The summed E-state index contributed by atoms with van der Waals surface area (Å²) in [6, 6.07) is 16.1. The summed E-state index contributed by atoms with van der Waals surface area (Å²) >= 11 is 0. The molecule has 0 radical (unpaired) electrons. The maximum absolute atomic E-state index is 12.3. The van der Waals surface area contributed by atoms with Crippen molar-refractivity contribution in [1.82, 2.24) is 0 Å². The number of anilines is 2. The molecule has 2 atom stereocenters. The summed E-state index contributed by atoms with van der Waals surface area (Å²) in [4.78, 5) is 12.3. The summed E-state index contributed by atoms with van der Waals surface area (Å²) in [6.45, 7) is 9.85. The van der Waals surface area contributed by atoms with Crippen molar-refractivity contribution in [2.75, 3.05) is 10.6 Å². The molecule has 2 aromatic rings. The Kier molecular flexibility index (Phi) is 8.03. The van der Waals surface area contributed by atoms with Gasteiger partial charge in [0.05, 0.1) is 0 Å². The number of benzene rings is 2. The van der Waals surface area contributed by atoms with Gasteiger partial charge in [-0.05, 0) is 55.2 Å². The van der Waals surface area contributed by atoms with Gasteiger partial charge >= 0.3 is 0 Å². The number of aliphatic hydroxyl groups excluding tert-OH is 1. The van der Waals surface area contributed by atoms with Crippen LogP contribution in [0.5, 0.6) is 0 Å². The Morgan fingerprint density at radius 3 is 2.03 bits per heavy atom. The van der Waals surface area contributed by atoms with Crippen molar-refractivity contribution in [2.24, 2.45) is 11.3 Å². The molecule has 4 heteroatoms. The lowest BCUT2D eigenvalue weighted by atomic mass is 9.89. The fourth-order valence-corrected chi connectivity index (χ4v) is 2.83. The summed E-state index contributed by atoms with van der Waals surface area (Å²) in [7, 11) is 0. The molecule has 2 rings (SSSR count). The Labute approximate surface area is 175 Å². The predicted molar refractivity (Wildman–Crippen MR) is 122 cm³/mol. The molecule has 2 unspecified atom stereocenters. The van der Waals surface area contributed by atoms with Gasteiger partial charge in [0, 0.05) is 22.7 Å². The number of carbonyl (C=O) groups excluding carboxylic acids is 1. The lowest BCUT2D eigenvalue weighted by Gasteiger charge is -2.21. The number of hydrogen-bond donors (Lipinski definition) is 3. The smallest absolute Gasteiger partial charge is 0.230 e. The minimum absolute atomic E-state index is 0.0431. The first-order chi connectivity index (χ1) is 13.7. The second-order valence-corrected chi connectivity index (χ2v) is 8.24. The van der Waals surface area contributed by atoms with E-state index in [-0.39, 0.29) is 17.2 Å². The number of aliphatic hydroxyl groups is 1. The second-order valence-electron chi connectivity index (χ2n) is 8.24. The number of allylic oxidation sites excluding steroid dienone is 1. The van der Waals surface area contributed by atoms with Crippen LogP contribution in [0.2, 0.25) is 0 Å². The fraction of sp³-hybridized carbons (Fsp3) is 0.400. The first-order valence-corrected chi connectivity index (χ1v) is 10.3. The van der Waals surface area contributed by atoms with E-state index >= 15 is 0 Å². The molecule has 0 aliphatic carbocycles. The van der Waals surface area contributed by atoms with Gasteiger partial charge in [-0.25, -0.2) is 0 Å². The molecule has 0 fully saturated rings. The average Bonchev–Trinajstić information content (AvgIpc) is 2.71. The molecule has 0 aliphatic rings. The standard InChI is InChI=1S/C25H34N2O2/c1-6-8-18(3)23(28)26-21-13-9-19(10-14-21)17-20-11-15-22(16-12-20)27-24(29)25(4,5)7-2/h6,8-16,18,23,26,28H,7,17H2,1-5H3,(H,27,29). The van der Waals surface area contributed by atoms with E-state index in [1.165, 1.54) is 11.1 Å². The molecule has 4 nitrogen and oxygen atoms in total. The van der Waals surface area contributed by atoms with Crippen molar-refractivity contribution in [3.05, 3.63) is 71.8 Å². The normalized spacial score (nSPS) is 13.9. The third kappa shape index (κ3) is 6.75. The Bertz CT molecular complexity index is 808. The lowest BCUT2D eigenvalue weighted by molar-refractivity contribution is -0.124. The molecule has 0 saturated heterocycles. The van der Waals surface area contributed by atoms with Gasteiger partial charge in [-0.15, -0.1) is 0 Å². The van der Waals surface area contributed by atoms with Gasteiger partial charge in [-0.1, -0.05) is 64.1 Å². The monoisotopic (exact) mass is 394 g/mol. The summed E-state index contributed by atoms with van der Waals surface area (Å²) in [5.74, 6) is 0.0864. The van der Waals surface area contributed by atoms with E-state index in [2.05, 4.69) is 22.8 Å². The van der Waals surface area contributed by atoms with Crippen molar-refractivity contribution >= 4 is 17.3 Å². The topological polar surface area (TPSA) is 61.4 Å². The molecule has 0 heterocycles. The zero-order valence-electron chi connectivity index (χ0n) is 18.2. The van der Waals surface area contributed by atoms with Gasteiger partial charge in [0.15, 0.2) is 0 Å². The number of rotatable bonds is 9. The number of carbonyl (C=O) groups is 1. The van der Waals surface area contributed by atoms with E-state index in [0.717, 1.165) is 24.2 Å². The maximum Gasteiger partial charge on any atom is 0.230 e. The van der Waals surface area contributed by atoms with E-state index in [0.29, 0.717) is 0 Å². The van der Waals surface area contributed by atoms with Gasteiger partial charge in [0.25, 0.3) is 0 Å². The van der Waals surface area contributed by atoms with E-state index in [1.54, 1.807) is 0 Å². The number of hydrogen-bond acceptors (Lipinski definition) is 3. The number of nitrogens with one attached hydrogen (secondary N) is 2. The van der Waals surface area contributed by atoms with Crippen LogP contribution in [0, 0.1) is 11.3 Å². The van der Waals surface area contributed by atoms with Gasteiger partial charge in [0.1, 0.15) is 6.23 Å². The van der Waals surface area contributed by atoms with Crippen LogP contribution in [0.25, 0.3) is 0 Å². The predicted octanol–water partition coefficient (Wildman–Crippen LogP) is 5.59. The summed E-state index contributed by atoms with van der Waals surface area (Å²) in [6.07, 6.45) is 4.92. The van der Waals surface area contributed by atoms with Crippen molar-refractivity contribution in [3.63, 3.8) is 0 Å². The molecule has 156 valence electrons. The molecule has 0 aliphatic heterocycles. The second kappa shape index (κ2) is 10.3. The van der Waals surface area contributed by atoms with Crippen LogP contribution in [0.15, 0.2) is 60.7 Å². The largest absolute Gasteiger partial charge is 0.373 e. The minimum atomic E-state index is -0.613. The van der Waals surface area contributed by atoms with Crippen molar-refractivity contribution in [3.8, 4) is 0 Å². The van der Waals surface area contributed by atoms with Crippen LogP contribution in [0.1, 0.15) is 52.2 Å². The van der Waals surface area contributed by atoms with Gasteiger partial charge < -0.3 is 15.7 Å². The van der Waals surface area contributed by atoms with Crippen LogP contribution in [-0.4, -0.2) is 17.2 Å². The highest BCUT2D eigenvalue weighted by atomic mass is 16.3. The first kappa shape index (κ1) is 22.7. The third-order valence-corrected chi connectivity index (χ3v) is 5.38. The Morgan fingerprint density at radius 2 is 1.55 bits per heavy atom. The zero-order valence-corrected chi connectivity index (χ0v) is 18.2. The van der Waals surface area contributed by atoms with E-state index < -0.39 is 6.23 Å². The molecule has 1 amide bonds. The maximum atomic E-state index is 12.3. The van der Waals surface area contributed by atoms with Crippen molar-refractivity contribution in [2.45, 2.75) is 53.7 Å². The van der Waals surface area contributed by atoms with E-state index in [9.17, 15) is 9.90 Å². The zero-order chi connectivity index (χ0) is 21.4. The van der Waals surface area contributed by atoms with Crippen molar-refractivity contribution in [1.29, 1.82) is 0 Å². The molecule has 0 saturated carbocycles. The number of amides is 1. The Balaban J connectivity index is 1.94. The molecule has 0 aromatic heterocycles. The quantitative estimate of drug-likeness (QED) is 0.383. The SMILES string of the molecule is CC=CC(C)C(O)Nc1ccc(Cc2ccc(NC(=O)C(C)(C)CC)cc2)cc1. The van der Waals surface area contributed by atoms with Gasteiger partial charge in [-0.3, -0.25) is 4.79 Å². The van der Waals surface area contributed by atoms with Crippen LogP contribution in [0.4, 0.5) is 11.4 Å². The molecule has 0 bridgehead atoms. The highest BCUT2D eigenvalue weighted by Crippen LogP contribution is 2.23. The summed E-state index contributed by atoms with van der Waals surface area (Å²) in [5.41, 5.74) is 3.72. The highest BCUT2D eigenvalue weighted by Gasteiger charge is 2.25. The Morgan fingerprint density at radius 1 is 1.03 bits per heavy atom. The molecular formula is C25H34N2O2. The first-order valence-electron chi connectivity index (χ1n) is 10.3. The van der Waals surface area contributed by atoms with E-state index in [1.807, 2.05) is 83.2 Å². The van der Waals surface area contributed by atoms with Crippen LogP contribution >= 0.6 is 0 Å². The van der Waals surface area contributed by atoms with Gasteiger partial charge in [0.2, 0.25) is 5.91 Å². The lowest BCUT2D eigenvalue weighted by Crippen LogP contribution is -2.29. The highest BCUT2D eigenvalue weighted by molar-refractivity contribution is 5.94. The minimum Gasteiger partial charge on any atom is -0.373 e. The molecule has 0 spiro atoms. The van der Waals surface area contributed by atoms with Crippen LogP contribution in [-0.2, 0) is 11.2 Å². The van der Waals surface area contributed by atoms with Crippen LogP contribution in [0.3, 0.4) is 0 Å². The summed E-state index contributed by atoms with van der Waals surface area (Å²) in [5, 5.41) is 16.3. The molecular weight excluding hydrogens is 360 g/mol. The average molecular weight is 395 g/mol. The van der Waals surface area contributed by atoms with Crippen molar-refractivity contribution < 1.29 is 9.90 Å². The van der Waals surface area contributed by atoms with Gasteiger partial charge in [-0.2, -0.15) is 0 Å². The molecule has 3 N–H and O–H groups in total. The Hall–Kier alpha value is -2.59. The summed E-state index contributed by atoms with van der Waals surface area (Å²) < 4.78 is 0. The fourth-order valence-electron chi connectivity index (χ4n) is 2.83. The van der Waals surface area contributed by atoms with E-state index in [4.69, 9.17) is 0 Å². The third-order valence-electron chi connectivity index (χ3n) is 5.38.